The minimum absolute atomic E-state index is 0.314. The van der Waals surface area contributed by atoms with Crippen LogP contribution in [0.2, 0.25) is 0 Å². The zero-order valence-corrected chi connectivity index (χ0v) is 10.4. The van der Waals surface area contributed by atoms with Crippen molar-refractivity contribution in [2.24, 2.45) is 0 Å². The Labute approximate surface area is 93.1 Å². The average molecular weight is 234 g/mol. The molecule has 1 fully saturated rings. The molecule has 90 valence electrons. The zero-order chi connectivity index (χ0) is 11.1. The second-order valence-electron chi connectivity index (χ2n) is 4.09. The Hall–Kier alpha value is -0.130. The molecule has 0 radical (unpaired) electrons. The van der Waals surface area contributed by atoms with Crippen LogP contribution in [-0.2, 0) is 10.0 Å². The van der Waals surface area contributed by atoms with Gasteiger partial charge in [0, 0.05) is 13.1 Å². The lowest BCUT2D eigenvalue weighted by Gasteiger charge is -2.25. The highest BCUT2D eigenvalue weighted by Crippen LogP contribution is 2.14. The maximum absolute atomic E-state index is 11.9. The molecule has 1 N–H and O–H groups in total. The van der Waals surface area contributed by atoms with E-state index in [0.717, 1.165) is 45.3 Å². The van der Waals surface area contributed by atoms with Gasteiger partial charge < -0.3 is 5.32 Å². The lowest BCUT2D eigenvalue weighted by Crippen LogP contribution is -2.37. The third kappa shape index (κ3) is 4.49. The Morgan fingerprint density at radius 3 is 2.40 bits per heavy atom. The van der Waals surface area contributed by atoms with Crippen molar-refractivity contribution in [3.8, 4) is 0 Å². The lowest BCUT2D eigenvalue weighted by molar-refractivity contribution is 0.346. The van der Waals surface area contributed by atoms with Gasteiger partial charge in [0.1, 0.15) is 0 Å². The normalized spacial score (nSPS) is 19.3. The Bertz CT molecular complexity index is 259. The Morgan fingerprint density at radius 2 is 1.80 bits per heavy atom. The Kier molecular flexibility index (Phi) is 5.56. The van der Waals surface area contributed by atoms with Crippen molar-refractivity contribution >= 4 is 10.0 Å². The molecule has 0 atom stereocenters. The molecule has 0 spiro atoms. The van der Waals surface area contributed by atoms with E-state index in [1.54, 1.807) is 4.31 Å². The van der Waals surface area contributed by atoms with Gasteiger partial charge in [-0.3, -0.25) is 0 Å². The molecule has 0 aromatic heterocycles. The molecule has 1 saturated heterocycles. The van der Waals surface area contributed by atoms with Crippen molar-refractivity contribution < 1.29 is 8.42 Å². The van der Waals surface area contributed by atoms with Gasteiger partial charge in [-0.25, -0.2) is 12.7 Å². The highest BCUT2D eigenvalue weighted by atomic mass is 32.2. The number of hydrogen-bond donors (Lipinski definition) is 1. The molecule has 1 heterocycles. The van der Waals surface area contributed by atoms with Crippen molar-refractivity contribution in [1.82, 2.24) is 9.62 Å². The monoisotopic (exact) mass is 234 g/mol. The van der Waals surface area contributed by atoms with E-state index in [9.17, 15) is 8.42 Å². The molecule has 1 aliphatic heterocycles. The minimum atomic E-state index is -2.96. The van der Waals surface area contributed by atoms with Crippen molar-refractivity contribution in [2.45, 2.75) is 32.1 Å². The third-order valence-corrected chi connectivity index (χ3v) is 4.74. The molecule has 4 nitrogen and oxygen atoms in total. The number of rotatable bonds is 6. The standard InChI is InChI=1S/C10H22N2O2S/c1-11-7-3-6-10-15(13,14)12-8-4-2-5-9-12/h11H,2-10H2,1H3. The van der Waals surface area contributed by atoms with Crippen LogP contribution in [0.25, 0.3) is 0 Å². The predicted molar refractivity (Wildman–Crippen MR) is 62.4 cm³/mol. The maximum atomic E-state index is 11.9. The second-order valence-corrected chi connectivity index (χ2v) is 6.17. The molecule has 0 saturated carbocycles. The molecule has 0 unspecified atom stereocenters. The zero-order valence-electron chi connectivity index (χ0n) is 9.54. The SMILES string of the molecule is CNCCCCS(=O)(=O)N1CCCCC1. The van der Waals surface area contributed by atoms with E-state index >= 15 is 0 Å². The van der Waals surface area contributed by atoms with E-state index in [2.05, 4.69) is 5.32 Å². The third-order valence-electron chi connectivity index (χ3n) is 2.79. The summed E-state index contributed by atoms with van der Waals surface area (Å²) >= 11 is 0. The van der Waals surface area contributed by atoms with E-state index in [0.29, 0.717) is 5.75 Å². The van der Waals surface area contributed by atoms with Gasteiger partial charge in [0.25, 0.3) is 0 Å². The van der Waals surface area contributed by atoms with Gasteiger partial charge in [-0.2, -0.15) is 0 Å². The second kappa shape index (κ2) is 6.45. The van der Waals surface area contributed by atoms with Crippen LogP contribution in [0.3, 0.4) is 0 Å². The van der Waals surface area contributed by atoms with Gasteiger partial charge in [-0.05, 0) is 39.3 Å². The van der Waals surface area contributed by atoms with Crippen molar-refractivity contribution in [2.75, 3.05) is 32.4 Å². The van der Waals surface area contributed by atoms with E-state index < -0.39 is 10.0 Å². The van der Waals surface area contributed by atoms with Crippen LogP contribution in [0, 0.1) is 0 Å². The lowest BCUT2D eigenvalue weighted by atomic mass is 10.2. The quantitative estimate of drug-likeness (QED) is 0.692. The van der Waals surface area contributed by atoms with Gasteiger partial charge >= 0.3 is 0 Å². The van der Waals surface area contributed by atoms with E-state index in [-0.39, 0.29) is 0 Å². The smallest absolute Gasteiger partial charge is 0.214 e. The number of nitrogens with one attached hydrogen (secondary N) is 1. The molecule has 0 aliphatic carbocycles. The highest BCUT2D eigenvalue weighted by Gasteiger charge is 2.22. The number of sulfonamides is 1. The summed E-state index contributed by atoms with van der Waals surface area (Å²) in [5.74, 6) is 0.314. The van der Waals surface area contributed by atoms with Gasteiger partial charge in [0.05, 0.1) is 5.75 Å². The Balaban J connectivity index is 2.30. The van der Waals surface area contributed by atoms with Crippen LogP contribution >= 0.6 is 0 Å². The largest absolute Gasteiger partial charge is 0.320 e. The van der Waals surface area contributed by atoms with Gasteiger partial charge in [-0.15, -0.1) is 0 Å². The van der Waals surface area contributed by atoms with E-state index in [1.807, 2.05) is 7.05 Å². The van der Waals surface area contributed by atoms with Crippen LogP contribution in [0.1, 0.15) is 32.1 Å². The molecule has 1 rings (SSSR count). The summed E-state index contributed by atoms with van der Waals surface area (Å²) in [7, 11) is -1.07. The van der Waals surface area contributed by atoms with Crippen LogP contribution < -0.4 is 5.32 Å². The molecular formula is C10H22N2O2S. The maximum Gasteiger partial charge on any atom is 0.214 e. The van der Waals surface area contributed by atoms with Gasteiger partial charge in [0.2, 0.25) is 10.0 Å². The number of nitrogens with zero attached hydrogens (tertiary/aromatic N) is 1. The molecule has 0 amide bonds. The van der Waals surface area contributed by atoms with Crippen molar-refractivity contribution in [1.29, 1.82) is 0 Å². The summed E-state index contributed by atoms with van der Waals surface area (Å²) in [6.45, 7) is 2.36. The van der Waals surface area contributed by atoms with Crippen LogP contribution in [0.5, 0.6) is 0 Å². The fourth-order valence-corrected chi connectivity index (χ4v) is 3.50. The van der Waals surface area contributed by atoms with Crippen LogP contribution in [0.4, 0.5) is 0 Å². The minimum Gasteiger partial charge on any atom is -0.320 e. The summed E-state index contributed by atoms with van der Waals surface area (Å²) in [6, 6.07) is 0. The van der Waals surface area contributed by atoms with Crippen molar-refractivity contribution in [3.05, 3.63) is 0 Å². The summed E-state index contributed by atoms with van der Waals surface area (Å²) in [4.78, 5) is 0. The molecule has 1 aliphatic rings. The van der Waals surface area contributed by atoms with Crippen LogP contribution in [-0.4, -0.2) is 45.2 Å². The first-order valence-electron chi connectivity index (χ1n) is 5.79. The number of piperidine rings is 1. The van der Waals surface area contributed by atoms with E-state index in [1.165, 1.54) is 6.42 Å². The summed E-state index contributed by atoms with van der Waals surface area (Å²) in [5, 5.41) is 3.03. The van der Waals surface area contributed by atoms with Gasteiger partial charge in [-0.1, -0.05) is 6.42 Å². The first-order chi connectivity index (χ1) is 7.17. The molecule has 0 aromatic rings. The Morgan fingerprint density at radius 1 is 1.13 bits per heavy atom. The molecular weight excluding hydrogens is 212 g/mol. The van der Waals surface area contributed by atoms with E-state index in [4.69, 9.17) is 0 Å². The average Bonchev–Trinajstić information content (AvgIpc) is 2.26. The van der Waals surface area contributed by atoms with Crippen molar-refractivity contribution in [3.63, 3.8) is 0 Å². The molecule has 0 aromatic carbocycles. The van der Waals surface area contributed by atoms with Gasteiger partial charge in [0.15, 0.2) is 0 Å². The first-order valence-corrected chi connectivity index (χ1v) is 7.40. The first kappa shape index (κ1) is 12.9. The van der Waals surface area contributed by atoms with Crippen LogP contribution in [0.15, 0.2) is 0 Å². The summed E-state index contributed by atoms with van der Waals surface area (Å²) in [6.07, 6.45) is 4.92. The topological polar surface area (TPSA) is 49.4 Å². The summed E-state index contributed by atoms with van der Waals surface area (Å²) < 4.78 is 25.4. The fourth-order valence-electron chi connectivity index (χ4n) is 1.86. The predicted octanol–water partition coefficient (Wildman–Crippen LogP) is 0.802. The molecule has 5 heteroatoms. The fraction of sp³-hybridized carbons (Fsp3) is 1.00. The molecule has 0 bridgehead atoms. The molecule has 15 heavy (non-hydrogen) atoms. The number of unbranched alkanes of at least 4 members (excludes halogenated alkanes) is 1. The number of hydrogen-bond acceptors (Lipinski definition) is 3. The summed E-state index contributed by atoms with van der Waals surface area (Å²) in [5.41, 5.74) is 0. The highest BCUT2D eigenvalue weighted by molar-refractivity contribution is 7.89.